The number of hydrogen-bond acceptors (Lipinski definition) is 1. The lowest BCUT2D eigenvalue weighted by Crippen LogP contribution is -2.10. The van der Waals surface area contributed by atoms with Gasteiger partial charge in [0.15, 0.2) is 0 Å². The first kappa shape index (κ1) is 9.25. The Hall–Kier alpha value is -0.310. The van der Waals surface area contributed by atoms with E-state index in [1.807, 2.05) is 6.20 Å². The maximum Gasteiger partial charge on any atom is 0.0533 e. The van der Waals surface area contributed by atoms with Crippen LogP contribution in [-0.2, 0) is 5.33 Å². The zero-order valence-corrected chi connectivity index (χ0v) is 9.71. The molecule has 1 heterocycles. The summed E-state index contributed by atoms with van der Waals surface area (Å²) in [6.07, 6.45) is 4.73. The minimum atomic E-state index is 0.591. The van der Waals surface area contributed by atoms with E-state index in [4.69, 9.17) is 0 Å². The van der Waals surface area contributed by atoms with Crippen LogP contribution in [0.5, 0.6) is 0 Å². The third-order valence-corrected chi connectivity index (χ3v) is 3.58. The van der Waals surface area contributed by atoms with E-state index in [0.29, 0.717) is 6.04 Å². The molecule has 1 aliphatic rings. The number of nitrogens with zero attached hydrogens (tertiary/aromatic N) is 2. The molecule has 3 heteroatoms. The van der Waals surface area contributed by atoms with Crippen molar-refractivity contribution in [3.63, 3.8) is 0 Å². The van der Waals surface area contributed by atoms with Crippen LogP contribution in [0.25, 0.3) is 0 Å². The molecule has 0 amide bonds. The smallest absolute Gasteiger partial charge is 0.0533 e. The van der Waals surface area contributed by atoms with Crippen molar-refractivity contribution in [2.24, 2.45) is 5.92 Å². The van der Waals surface area contributed by atoms with E-state index >= 15 is 0 Å². The van der Waals surface area contributed by atoms with Gasteiger partial charge in [-0.15, -0.1) is 0 Å². The first-order valence-corrected chi connectivity index (χ1v) is 5.95. The Balaban J connectivity index is 2.23. The summed E-state index contributed by atoms with van der Waals surface area (Å²) < 4.78 is 2.17. The first-order chi connectivity index (χ1) is 6.24. The number of alkyl halides is 1. The quantitative estimate of drug-likeness (QED) is 0.746. The topological polar surface area (TPSA) is 17.8 Å². The van der Waals surface area contributed by atoms with Crippen molar-refractivity contribution in [2.75, 3.05) is 0 Å². The van der Waals surface area contributed by atoms with Crippen LogP contribution in [0, 0.1) is 12.8 Å². The van der Waals surface area contributed by atoms with E-state index in [1.165, 1.54) is 24.1 Å². The Labute approximate surface area is 87.5 Å². The fraction of sp³-hybridized carbons (Fsp3) is 0.700. The predicted molar refractivity (Wildman–Crippen MR) is 57.0 cm³/mol. The molecular formula is C10H15BrN2. The van der Waals surface area contributed by atoms with Crippen LogP contribution in [0.1, 0.15) is 37.1 Å². The Morgan fingerprint density at radius 1 is 1.69 bits per heavy atom. The van der Waals surface area contributed by atoms with E-state index in [-0.39, 0.29) is 0 Å². The zero-order valence-electron chi connectivity index (χ0n) is 8.13. The molecule has 13 heavy (non-hydrogen) atoms. The molecule has 0 N–H and O–H groups in total. The van der Waals surface area contributed by atoms with Gasteiger partial charge in [0, 0.05) is 16.6 Å². The highest BCUT2D eigenvalue weighted by atomic mass is 79.9. The van der Waals surface area contributed by atoms with Gasteiger partial charge in [-0.3, -0.25) is 4.68 Å². The Kier molecular flexibility index (Phi) is 2.45. The van der Waals surface area contributed by atoms with Crippen LogP contribution in [0.3, 0.4) is 0 Å². The molecule has 1 fully saturated rings. The highest BCUT2D eigenvalue weighted by Crippen LogP contribution is 2.39. The average Bonchev–Trinajstić information content (AvgIpc) is 2.89. The standard InChI is InChI=1S/C10H15BrN2/c1-7(9-3-4-9)13-8(2)10(5-11)6-12-13/h6-7,9H,3-5H2,1-2H3. The van der Waals surface area contributed by atoms with Gasteiger partial charge in [0.2, 0.25) is 0 Å². The van der Waals surface area contributed by atoms with Gasteiger partial charge in [0.1, 0.15) is 0 Å². The number of hydrogen-bond donors (Lipinski definition) is 0. The summed E-state index contributed by atoms with van der Waals surface area (Å²) in [7, 11) is 0. The van der Waals surface area contributed by atoms with Gasteiger partial charge in [-0.1, -0.05) is 15.9 Å². The Morgan fingerprint density at radius 3 is 2.85 bits per heavy atom. The van der Waals surface area contributed by atoms with Crippen molar-refractivity contribution >= 4 is 15.9 Å². The first-order valence-electron chi connectivity index (χ1n) is 4.83. The number of aromatic nitrogens is 2. The van der Waals surface area contributed by atoms with Crippen LogP contribution in [0.4, 0.5) is 0 Å². The van der Waals surface area contributed by atoms with Crippen molar-refractivity contribution in [1.82, 2.24) is 9.78 Å². The molecule has 0 aliphatic heterocycles. The van der Waals surface area contributed by atoms with E-state index < -0.39 is 0 Å². The molecular weight excluding hydrogens is 228 g/mol. The monoisotopic (exact) mass is 242 g/mol. The van der Waals surface area contributed by atoms with Crippen LogP contribution in [0.2, 0.25) is 0 Å². The summed E-state index contributed by atoms with van der Waals surface area (Å²) in [5, 5.41) is 5.35. The van der Waals surface area contributed by atoms with Gasteiger partial charge in [-0.25, -0.2) is 0 Å². The molecule has 1 aliphatic carbocycles. The van der Waals surface area contributed by atoms with Crippen LogP contribution < -0.4 is 0 Å². The molecule has 1 aromatic rings. The molecule has 2 rings (SSSR count). The van der Waals surface area contributed by atoms with E-state index in [1.54, 1.807) is 0 Å². The van der Waals surface area contributed by atoms with Crippen molar-refractivity contribution in [3.8, 4) is 0 Å². The van der Waals surface area contributed by atoms with E-state index in [0.717, 1.165) is 11.2 Å². The van der Waals surface area contributed by atoms with E-state index in [9.17, 15) is 0 Å². The maximum atomic E-state index is 4.43. The third-order valence-electron chi connectivity index (χ3n) is 2.98. The molecule has 72 valence electrons. The summed E-state index contributed by atoms with van der Waals surface area (Å²) in [5.74, 6) is 0.877. The summed E-state index contributed by atoms with van der Waals surface area (Å²) in [5.41, 5.74) is 2.63. The molecule has 1 saturated carbocycles. The fourth-order valence-electron chi connectivity index (χ4n) is 1.78. The maximum absolute atomic E-state index is 4.43. The number of halogens is 1. The van der Waals surface area contributed by atoms with Crippen molar-refractivity contribution in [2.45, 2.75) is 38.1 Å². The summed E-state index contributed by atoms with van der Waals surface area (Å²) in [6.45, 7) is 4.43. The highest BCUT2D eigenvalue weighted by Gasteiger charge is 2.30. The van der Waals surface area contributed by atoms with Gasteiger partial charge in [0.25, 0.3) is 0 Å². The Bertz CT molecular complexity index is 302. The lowest BCUT2D eigenvalue weighted by molar-refractivity contribution is 0.431. The predicted octanol–water partition coefficient (Wildman–Crippen LogP) is 3.06. The molecule has 1 aromatic heterocycles. The summed E-state index contributed by atoms with van der Waals surface area (Å²) >= 11 is 3.47. The second-order valence-corrected chi connectivity index (χ2v) is 4.47. The molecule has 1 atom stereocenters. The second-order valence-electron chi connectivity index (χ2n) is 3.91. The van der Waals surface area contributed by atoms with Crippen molar-refractivity contribution in [1.29, 1.82) is 0 Å². The van der Waals surface area contributed by atoms with Gasteiger partial charge in [-0.05, 0) is 32.6 Å². The molecule has 1 unspecified atom stereocenters. The minimum absolute atomic E-state index is 0.591. The summed E-state index contributed by atoms with van der Waals surface area (Å²) in [4.78, 5) is 0. The molecule has 0 radical (unpaired) electrons. The normalized spacial score (nSPS) is 19.0. The highest BCUT2D eigenvalue weighted by molar-refractivity contribution is 9.08. The third kappa shape index (κ3) is 1.66. The van der Waals surface area contributed by atoms with Crippen LogP contribution in [-0.4, -0.2) is 9.78 Å². The lowest BCUT2D eigenvalue weighted by atomic mass is 10.2. The van der Waals surface area contributed by atoms with Gasteiger partial charge in [-0.2, -0.15) is 5.10 Å². The fourth-order valence-corrected chi connectivity index (χ4v) is 2.33. The zero-order chi connectivity index (χ0) is 9.42. The molecule has 0 bridgehead atoms. The Morgan fingerprint density at radius 2 is 2.38 bits per heavy atom. The molecule has 0 saturated heterocycles. The van der Waals surface area contributed by atoms with Gasteiger partial charge in [0.05, 0.1) is 12.2 Å². The molecule has 0 aromatic carbocycles. The average molecular weight is 243 g/mol. The van der Waals surface area contributed by atoms with Crippen molar-refractivity contribution in [3.05, 3.63) is 17.5 Å². The second kappa shape index (κ2) is 3.45. The van der Waals surface area contributed by atoms with Crippen LogP contribution >= 0.6 is 15.9 Å². The summed E-state index contributed by atoms with van der Waals surface area (Å²) in [6, 6.07) is 0.591. The molecule has 0 spiro atoms. The largest absolute Gasteiger partial charge is 0.267 e. The van der Waals surface area contributed by atoms with Crippen LogP contribution in [0.15, 0.2) is 6.20 Å². The molecule has 2 nitrogen and oxygen atoms in total. The van der Waals surface area contributed by atoms with Gasteiger partial charge < -0.3 is 0 Å². The SMILES string of the molecule is Cc1c(CBr)cnn1C(C)C1CC1. The lowest BCUT2D eigenvalue weighted by Gasteiger charge is -2.13. The minimum Gasteiger partial charge on any atom is -0.267 e. The van der Waals surface area contributed by atoms with Crippen molar-refractivity contribution < 1.29 is 0 Å². The number of rotatable bonds is 3. The van der Waals surface area contributed by atoms with E-state index in [2.05, 4.69) is 39.6 Å². The van der Waals surface area contributed by atoms with Gasteiger partial charge >= 0.3 is 0 Å².